The third kappa shape index (κ3) is 5.61. The second-order valence-corrected chi connectivity index (χ2v) is 6.06. The van der Waals surface area contributed by atoms with Crippen molar-refractivity contribution in [1.29, 1.82) is 0 Å². The molecule has 17 heavy (non-hydrogen) atoms. The van der Waals surface area contributed by atoms with Crippen molar-refractivity contribution in [1.82, 2.24) is 5.32 Å². The molecule has 2 unspecified atom stereocenters. The minimum atomic E-state index is -0.752. The van der Waals surface area contributed by atoms with Crippen LogP contribution in [0.25, 0.3) is 0 Å². The summed E-state index contributed by atoms with van der Waals surface area (Å²) >= 11 is 5.69. The predicted octanol–water partition coefficient (Wildman–Crippen LogP) is 2.73. The molecule has 0 fully saturated rings. The Morgan fingerprint density at radius 1 is 1.53 bits per heavy atom. The van der Waals surface area contributed by atoms with Crippen LogP contribution in [-0.2, 0) is 17.3 Å². The van der Waals surface area contributed by atoms with E-state index in [0.29, 0.717) is 12.3 Å². The van der Waals surface area contributed by atoms with Crippen molar-refractivity contribution < 1.29 is 8.60 Å². The first kappa shape index (κ1) is 14.6. The zero-order chi connectivity index (χ0) is 12.8. The van der Waals surface area contributed by atoms with E-state index < -0.39 is 16.6 Å². The zero-order valence-electron chi connectivity index (χ0n) is 10.0. The van der Waals surface area contributed by atoms with Crippen LogP contribution in [0.4, 0.5) is 4.39 Å². The molecule has 1 aromatic carbocycles. The van der Waals surface area contributed by atoms with Crippen molar-refractivity contribution >= 4 is 22.4 Å². The summed E-state index contributed by atoms with van der Waals surface area (Å²) in [5.74, 6) is 0.295. The van der Waals surface area contributed by atoms with E-state index in [2.05, 4.69) is 5.32 Å². The van der Waals surface area contributed by atoms with E-state index in [1.165, 1.54) is 6.07 Å². The van der Waals surface area contributed by atoms with Gasteiger partial charge in [0.1, 0.15) is 5.82 Å². The Bertz CT molecular complexity index is 400. The number of benzene rings is 1. The first-order valence-corrected chi connectivity index (χ1v) is 7.57. The topological polar surface area (TPSA) is 29.1 Å². The quantitative estimate of drug-likeness (QED) is 0.866. The molecule has 1 rings (SSSR count). The molecule has 2 atom stereocenters. The second-order valence-electron chi connectivity index (χ2n) is 4.10. The molecule has 0 aliphatic carbocycles. The van der Waals surface area contributed by atoms with Crippen LogP contribution in [0, 0.1) is 5.82 Å². The van der Waals surface area contributed by atoms with Crippen LogP contribution < -0.4 is 5.32 Å². The van der Waals surface area contributed by atoms with Crippen LogP contribution in [0.5, 0.6) is 0 Å². The lowest BCUT2D eigenvalue weighted by Crippen LogP contribution is -2.26. The van der Waals surface area contributed by atoms with Crippen LogP contribution in [0.2, 0.25) is 5.02 Å². The second kappa shape index (κ2) is 7.09. The van der Waals surface area contributed by atoms with E-state index in [4.69, 9.17) is 11.6 Å². The number of hydrogen-bond donors (Lipinski definition) is 1. The van der Waals surface area contributed by atoms with E-state index in [1.54, 1.807) is 18.4 Å². The maximum Gasteiger partial charge on any atom is 0.141 e. The molecule has 0 aromatic heterocycles. The number of hydrogen-bond acceptors (Lipinski definition) is 2. The van der Waals surface area contributed by atoms with Crippen LogP contribution in [-0.4, -0.2) is 22.3 Å². The molecule has 96 valence electrons. The fourth-order valence-electron chi connectivity index (χ4n) is 1.39. The minimum absolute atomic E-state index is 0.145. The van der Waals surface area contributed by atoms with Crippen molar-refractivity contribution in [2.75, 3.05) is 12.0 Å². The van der Waals surface area contributed by atoms with Crippen LogP contribution in [0.3, 0.4) is 0 Å². The van der Waals surface area contributed by atoms with Gasteiger partial charge in [-0.2, -0.15) is 0 Å². The Kier molecular flexibility index (Phi) is 6.09. The lowest BCUT2D eigenvalue weighted by molar-refractivity contribution is 0.534. The molecule has 0 bridgehead atoms. The number of halogens is 2. The van der Waals surface area contributed by atoms with Gasteiger partial charge in [-0.25, -0.2) is 4.39 Å². The molecule has 0 saturated carbocycles. The molecule has 0 heterocycles. The summed E-state index contributed by atoms with van der Waals surface area (Å²) in [5.41, 5.74) is 0.945. The zero-order valence-corrected chi connectivity index (χ0v) is 11.6. The minimum Gasteiger partial charge on any atom is -0.310 e. The molecule has 2 nitrogen and oxygen atoms in total. The van der Waals surface area contributed by atoms with Gasteiger partial charge in [-0.15, -0.1) is 0 Å². The van der Waals surface area contributed by atoms with E-state index in [0.717, 1.165) is 12.0 Å². The SMILES string of the molecule is CC(CCS(C)=O)NCc1ccc(F)c(Cl)c1. The molecule has 0 amide bonds. The van der Waals surface area contributed by atoms with Gasteiger partial charge in [0.2, 0.25) is 0 Å². The van der Waals surface area contributed by atoms with Crippen molar-refractivity contribution in [3.8, 4) is 0 Å². The van der Waals surface area contributed by atoms with Crippen molar-refractivity contribution in [3.63, 3.8) is 0 Å². The van der Waals surface area contributed by atoms with Gasteiger partial charge < -0.3 is 5.32 Å². The number of nitrogens with one attached hydrogen (secondary N) is 1. The highest BCUT2D eigenvalue weighted by Gasteiger charge is 2.04. The lowest BCUT2D eigenvalue weighted by atomic mass is 10.2. The molecule has 5 heteroatoms. The van der Waals surface area contributed by atoms with Crippen molar-refractivity contribution in [3.05, 3.63) is 34.6 Å². The molecular formula is C12H17ClFNOS. The summed E-state index contributed by atoms with van der Waals surface area (Å²) in [6.07, 6.45) is 2.56. The van der Waals surface area contributed by atoms with Gasteiger partial charge in [-0.1, -0.05) is 17.7 Å². The highest BCUT2D eigenvalue weighted by molar-refractivity contribution is 7.84. The summed E-state index contributed by atoms with van der Waals surface area (Å²) in [6, 6.07) is 4.97. The van der Waals surface area contributed by atoms with E-state index in [1.807, 2.05) is 6.92 Å². The van der Waals surface area contributed by atoms with Gasteiger partial charge >= 0.3 is 0 Å². The van der Waals surface area contributed by atoms with Gasteiger partial charge in [-0.3, -0.25) is 4.21 Å². The Balaban J connectivity index is 2.39. The van der Waals surface area contributed by atoms with E-state index in [9.17, 15) is 8.60 Å². The molecule has 0 saturated heterocycles. The molecule has 0 spiro atoms. The van der Waals surface area contributed by atoms with E-state index in [-0.39, 0.29) is 11.1 Å². The summed E-state index contributed by atoms with van der Waals surface area (Å²) in [5, 5.41) is 3.43. The fourth-order valence-corrected chi connectivity index (χ4v) is 2.28. The molecule has 0 radical (unpaired) electrons. The summed E-state index contributed by atoms with van der Waals surface area (Å²) in [4.78, 5) is 0. The van der Waals surface area contributed by atoms with Gasteiger partial charge in [0.15, 0.2) is 0 Å². The first-order valence-electron chi connectivity index (χ1n) is 5.46. The molecule has 1 N–H and O–H groups in total. The van der Waals surface area contributed by atoms with Crippen molar-refractivity contribution in [2.24, 2.45) is 0 Å². The normalized spacial score (nSPS) is 14.6. The van der Waals surface area contributed by atoms with Gasteiger partial charge in [0.05, 0.1) is 5.02 Å². The summed E-state index contributed by atoms with van der Waals surface area (Å²) in [6.45, 7) is 2.68. The predicted molar refractivity (Wildman–Crippen MR) is 71.3 cm³/mol. The van der Waals surface area contributed by atoms with Crippen LogP contribution in [0.15, 0.2) is 18.2 Å². The summed E-state index contributed by atoms with van der Waals surface area (Å²) < 4.78 is 23.8. The van der Waals surface area contributed by atoms with Crippen LogP contribution in [0.1, 0.15) is 18.9 Å². The van der Waals surface area contributed by atoms with Gasteiger partial charge in [-0.05, 0) is 31.0 Å². The Morgan fingerprint density at radius 2 is 2.24 bits per heavy atom. The standard InChI is InChI=1S/C12H17ClFNOS/c1-9(5-6-17(2)16)15-8-10-3-4-12(14)11(13)7-10/h3-4,7,9,15H,5-6,8H2,1-2H3. The van der Waals surface area contributed by atoms with Gasteiger partial charge in [0, 0.05) is 35.4 Å². The number of rotatable bonds is 6. The monoisotopic (exact) mass is 277 g/mol. The largest absolute Gasteiger partial charge is 0.310 e. The Morgan fingerprint density at radius 3 is 2.82 bits per heavy atom. The highest BCUT2D eigenvalue weighted by atomic mass is 35.5. The lowest BCUT2D eigenvalue weighted by Gasteiger charge is -2.13. The average Bonchev–Trinajstić information content (AvgIpc) is 2.28. The third-order valence-electron chi connectivity index (χ3n) is 2.48. The average molecular weight is 278 g/mol. The smallest absolute Gasteiger partial charge is 0.141 e. The summed E-state index contributed by atoms with van der Waals surface area (Å²) in [7, 11) is -0.752. The molecular weight excluding hydrogens is 261 g/mol. The van der Waals surface area contributed by atoms with Crippen LogP contribution >= 0.6 is 11.6 Å². The van der Waals surface area contributed by atoms with Gasteiger partial charge in [0.25, 0.3) is 0 Å². The van der Waals surface area contributed by atoms with Crippen molar-refractivity contribution in [2.45, 2.75) is 25.9 Å². The fraction of sp³-hybridized carbons (Fsp3) is 0.500. The molecule has 1 aromatic rings. The Hall–Kier alpha value is -0.450. The third-order valence-corrected chi connectivity index (χ3v) is 3.58. The molecule has 0 aliphatic heterocycles. The first-order chi connectivity index (χ1) is 7.99. The Labute approximate surface area is 109 Å². The van der Waals surface area contributed by atoms with E-state index >= 15 is 0 Å². The molecule has 0 aliphatic rings. The maximum absolute atomic E-state index is 12.9. The maximum atomic E-state index is 12.9. The highest BCUT2D eigenvalue weighted by Crippen LogP contribution is 2.15.